The highest BCUT2D eigenvalue weighted by Crippen LogP contribution is 2.29. The predicted molar refractivity (Wildman–Crippen MR) is 146 cm³/mol. The number of rotatable bonds is 10. The highest BCUT2D eigenvalue weighted by molar-refractivity contribution is 7.97. The molecule has 0 fully saturated rings. The van der Waals surface area contributed by atoms with Crippen LogP contribution in [0.25, 0.3) is 22.4 Å². The summed E-state index contributed by atoms with van der Waals surface area (Å²) in [6.45, 7) is -0.326. The van der Waals surface area contributed by atoms with Crippen molar-refractivity contribution in [3.05, 3.63) is 72.0 Å². The van der Waals surface area contributed by atoms with E-state index in [1.807, 2.05) is 48.0 Å². The van der Waals surface area contributed by atoms with Gasteiger partial charge >= 0.3 is 5.97 Å². The molecule has 12 heteroatoms. The number of carbonyl (C=O) groups excluding carboxylic acids is 2. The van der Waals surface area contributed by atoms with Crippen molar-refractivity contribution in [2.24, 2.45) is 0 Å². The molecule has 3 N–H and O–H groups in total. The summed E-state index contributed by atoms with van der Waals surface area (Å²) in [6, 6.07) is 13.1. The Balaban J connectivity index is 1.40. The Morgan fingerprint density at radius 2 is 1.92 bits per heavy atom. The van der Waals surface area contributed by atoms with Gasteiger partial charge in [0.25, 0.3) is 5.91 Å². The van der Waals surface area contributed by atoms with Crippen molar-refractivity contribution < 1.29 is 19.5 Å². The number of hydrogen-bond donors (Lipinski definition) is 3. The van der Waals surface area contributed by atoms with E-state index in [1.54, 1.807) is 40.6 Å². The van der Waals surface area contributed by atoms with E-state index in [9.17, 15) is 14.4 Å². The van der Waals surface area contributed by atoms with E-state index in [0.29, 0.717) is 22.2 Å². The van der Waals surface area contributed by atoms with Gasteiger partial charge in [-0.1, -0.05) is 18.2 Å². The minimum Gasteiger partial charge on any atom is -0.480 e. The average molecular weight is 537 g/mol. The molecule has 0 bridgehead atoms. The van der Waals surface area contributed by atoms with Crippen LogP contribution >= 0.6 is 23.3 Å². The second-order valence-corrected chi connectivity index (χ2v) is 9.59. The number of aromatic nitrogens is 3. The molecule has 4 aromatic rings. The Kier molecular flexibility index (Phi) is 8.21. The Bertz CT molecular complexity index is 1430. The summed E-state index contributed by atoms with van der Waals surface area (Å²) >= 11 is 2.75. The van der Waals surface area contributed by atoms with Crippen molar-refractivity contribution in [3.63, 3.8) is 0 Å². The Morgan fingerprint density at radius 3 is 2.68 bits per heavy atom. The first-order chi connectivity index (χ1) is 17.8. The van der Waals surface area contributed by atoms with Gasteiger partial charge in [-0.2, -0.15) is 0 Å². The number of amides is 2. The number of aliphatic carboxylic acids is 1. The number of nitrogens with one attached hydrogen (secondary N) is 2. The smallest absolute Gasteiger partial charge is 0.323 e. The van der Waals surface area contributed by atoms with Gasteiger partial charge in [-0.25, -0.2) is 9.97 Å². The topological polar surface area (TPSA) is 129 Å². The molecule has 10 nitrogen and oxygen atoms in total. The lowest BCUT2D eigenvalue weighted by Crippen LogP contribution is -2.32. The quantitative estimate of drug-likeness (QED) is 0.280. The van der Waals surface area contributed by atoms with Crippen molar-refractivity contribution in [2.75, 3.05) is 36.6 Å². The van der Waals surface area contributed by atoms with E-state index in [-0.39, 0.29) is 24.9 Å². The van der Waals surface area contributed by atoms with Gasteiger partial charge in [0.2, 0.25) is 5.91 Å². The lowest BCUT2D eigenvalue weighted by molar-refractivity contribution is -0.135. The summed E-state index contributed by atoms with van der Waals surface area (Å²) < 4.78 is 1.80. The molecule has 2 amide bonds. The first kappa shape index (κ1) is 25.9. The zero-order chi connectivity index (χ0) is 26.4. The number of likely N-dealkylation sites (N-methyl/N-ethyl adjacent to an activating group) is 1. The van der Waals surface area contributed by atoms with Gasteiger partial charge in [0.15, 0.2) is 5.13 Å². The van der Waals surface area contributed by atoms with Crippen molar-refractivity contribution in [1.29, 1.82) is 0 Å². The Hall–Kier alpha value is -4.16. The SMILES string of the molecule is CSn1ccc(C(=O)NCC(=O)Nc2nc(-c3cccc(-c4ccnc(N(C)CC(=O)O)c4)c3)cs2)c1. The molecule has 0 radical (unpaired) electrons. The van der Waals surface area contributed by atoms with Crippen molar-refractivity contribution in [3.8, 4) is 22.4 Å². The number of thiazole rings is 1. The molecule has 0 saturated heterocycles. The number of anilines is 2. The van der Waals surface area contributed by atoms with Crippen molar-refractivity contribution in [1.82, 2.24) is 19.3 Å². The van der Waals surface area contributed by atoms with Crippen molar-refractivity contribution >= 4 is 52.0 Å². The van der Waals surface area contributed by atoms with Gasteiger partial charge in [-0.3, -0.25) is 18.4 Å². The first-order valence-electron chi connectivity index (χ1n) is 11.1. The van der Waals surface area contributed by atoms with E-state index < -0.39 is 5.97 Å². The maximum Gasteiger partial charge on any atom is 0.323 e. The number of nitrogens with zero attached hydrogens (tertiary/aromatic N) is 4. The molecule has 190 valence electrons. The van der Waals surface area contributed by atoms with Crippen molar-refractivity contribution in [2.45, 2.75) is 0 Å². The van der Waals surface area contributed by atoms with Crippen LogP contribution in [0, 0.1) is 0 Å². The second-order valence-electron chi connectivity index (χ2n) is 7.94. The average Bonchev–Trinajstić information content (AvgIpc) is 3.57. The molecular weight excluding hydrogens is 512 g/mol. The van der Waals surface area contributed by atoms with Crippen LogP contribution in [0.1, 0.15) is 10.4 Å². The van der Waals surface area contributed by atoms with E-state index in [4.69, 9.17) is 5.11 Å². The molecule has 0 spiro atoms. The normalized spacial score (nSPS) is 10.6. The maximum absolute atomic E-state index is 12.3. The first-order valence-corrected chi connectivity index (χ1v) is 13.1. The van der Waals surface area contributed by atoms with Gasteiger partial charge in [0.05, 0.1) is 17.8 Å². The molecular formula is C25H24N6O4S2. The van der Waals surface area contributed by atoms with Crippen LogP contribution in [0.4, 0.5) is 10.9 Å². The Morgan fingerprint density at radius 1 is 1.14 bits per heavy atom. The van der Waals surface area contributed by atoms with Gasteiger partial charge in [0, 0.05) is 42.8 Å². The van der Waals surface area contributed by atoms with Crippen LogP contribution in [-0.4, -0.2) is 63.2 Å². The van der Waals surface area contributed by atoms with E-state index in [2.05, 4.69) is 20.6 Å². The molecule has 0 saturated carbocycles. The summed E-state index contributed by atoms with van der Waals surface area (Å²) in [6.07, 6.45) is 7.01. The van der Waals surface area contributed by atoms with Gasteiger partial charge < -0.3 is 20.6 Å². The summed E-state index contributed by atoms with van der Waals surface area (Å²) in [7, 11) is 1.68. The molecule has 37 heavy (non-hydrogen) atoms. The van der Waals surface area contributed by atoms with E-state index >= 15 is 0 Å². The molecule has 4 rings (SSSR count). The highest BCUT2D eigenvalue weighted by Gasteiger charge is 2.13. The third-order valence-electron chi connectivity index (χ3n) is 5.30. The molecule has 0 aliphatic carbocycles. The maximum atomic E-state index is 12.3. The molecule has 3 heterocycles. The zero-order valence-corrected chi connectivity index (χ0v) is 21.7. The number of carbonyl (C=O) groups is 3. The largest absolute Gasteiger partial charge is 0.480 e. The summed E-state index contributed by atoms with van der Waals surface area (Å²) in [4.78, 5) is 45.9. The van der Waals surface area contributed by atoms with Gasteiger partial charge in [0.1, 0.15) is 12.4 Å². The highest BCUT2D eigenvalue weighted by atomic mass is 32.2. The molecule has 0 unspecified atom stereocenters. The van der Waals surface area contributed by atoms with Crippen LogP contribution in [-0.2, 0) is 9.59 Å². The summed E-state index contributed by atoms with van der Waals surface area (Å²) in [5.74, 6) is -1.08. The van der Waals surface area contributed by atoms with Crippen LogP contribution in [0.15, 0.2) is 66.4 Å². The summed E-state index contributed by atoms with van der Waals surface area (Å²) in [5.41, 5.74) is 3.84. The van der Waals surface area contributed by atoms with Crippen LogP contribution in [0.2, 0.25) is 0 Å². The fourth-order valence-electron chi connectivity index (χ4n) is 3.46. The minimum atomic E-state index is -0.934. The van der Waals surface area contributed by atoms with Gasteiger partial charge in [-0.05, 0) is 47.3 Å². The van der Waals surface area contributed by atoms with Crippen LogP contribution in [0.5, 0.6) is 0 Å². The zero-order valence-electron chi connectivity index (χ0n) is 20.0. The number of carboxylic acid groups (broad SMARTS) is 1. The van der Waals surface area contributed by atoms with Crippen LogP contribution in [0.3, 0.4) is 0 Å². The standard InChI is InChI=1S/C25H24N6O4S2/c1-30(14-23(33)34)21-11-17(6-8-26-21)16-4-3-5-18(10-16)20-15-37-25(28-20)29-22(32)12-27-24(35)19-7-9-31(13-19)36-2/h3-11,13,15H,12,14H2,1-2H3,(H,27,35)(H,33,34)(H,28,29,32). The number of pyridine rings is 1. The molecule has 0 aliphatic rings. The third-order valence-corrected chi connectivity index (χ3v) is 6.71. The molecule has 3 aromatic heterocycles. The fourth-order valence-corrected chi connectivity index (χ4v) is 4.60. The second kappa shape index (κ2) is 11.7. The Labute approximate surface area is 221 Å². The molecule has 0 atom stereocenters. The molecule has 1 aromatic carbocycles. The summed E-state index contributed by atoms with van der Waals surface area (Å²) in [5, 5.41) is 16.6. The van der Waals surface area contributed by atoms with Gasteiger partial charge in [-0.15, -0.1) is 11.3 Å². The third kappa shape index (κ3) is 6.74. The van der Waals surface area contributed by atoms with Crippen LogP contribution < -0.4 is 15.5 Å². The van der Waals surface area contributed by atoms with E-state index in [1.165, 1.54) is 23.3 Å². The lowest BCUT2D eigenvalue weighted by atomic mass is 10.0. The number of benzene rings is 1. The fraction of sp³-hybridized carbons (Fsp3) is 0.160. The minimum absolute atomic E-state index is 0.154. The molecule has 0 aliphatic heterocycles. The predicted octanol–water partition coefficient (Wildman–Crippen LogP) is 3.69. The number of hydrogen-bond acceptors (Lipinski definition) is 8. The monoisotopic (exact) mass is 536 g/mol. The lowest BCUT2D eigenvalue weighted by Gasteiger charge is -2.16. The van der Waals surface area contributed by atoms with E-state index in [0.717, 1.165) is 16.7 Å². The number of carboxylic acids is 1.